The lowest BCUT2D eigenvalue weighted by atomic mass is 10.1. The molecule has 0 fully saturated rings. The van der Waals surface area contributed by atoms with Crippen LogP contribution in [-0.4, -0.2) is 95.1 Å². The first kappa shape index (κ1) is 34.4. The molecule has 0 amide bonds. The average molecular weight is 479 g/mol. The van der Waals surface area contributed by atoms with E-state index in [-0.39, 0.29) is 13.0 Å². The van der Waals surface area contributed by atoms with Gasteiger partial charge < -0.3 is 28.5 Å². The minimum absolute atomic E-state index is 0.0279. The third-order valence-corrected chi connectivity index (χ3v) is 5.58. The smallest absolute Gasteiger partial charge is 0.305 e. The number of carbonyl (C=O) groups is 1. The van der Waals surface area contributed by atoms with Crippen LogP contribution in [0.2, 0.25) is 0 Å². The highest BCUT2D eigenvalue weighted by atomic mass is 16.6. The largest absolute Gasteiger partial charge is 0.481 e. The van der Waals surface area contributed by atoms with Crippen LogP contribution in [0.1, 0.15) is 85.5 Å². The van der Waals surface area contributed by atoms with Crippen LogP contribution in [0.4, 0.5) is 0 Å². The molecule has 33 heavy (non-hydrogen) atoms. The molecule has 0 aromatic carbocycles. The summed E-state index contributed by atoms with van der Waals surface area (Å²) in [4.78, 5) is 10.1. The van der Waals surface area contributed by atoms with Crippen molar-refractivity contribution in [3.63, 3.8) is 0 Å². The van der Waals surface area contributed by atoms with Crippen LogP contribution < -0.4 is 0 Å². The number of nitrogens with zero attached hydrogens (tertiary/aromatic N) is 1. The monoisotopic (exact) mass is 478 g/mol. The molecular weight excluding hydrogens is 422 g/mol. The molecule has 0 saturated carbocycles. The molecule has 0 aromatic rings. The molecule has 7 heteroatoms. The summed E-state index contributed by atoms with van der Waals surface area (Å²) in [5.41, 5.74) is 0. The number of methoxy groups -OCH3 is 1. The first-order chi connectivity index (χ1) is 16.0. The van der Waals surface area contributed by atoms with Crippen molar-refractivity contribution < 1.29 is 33.3 Å². The molecule has 0 aliphatic rings. The van der Waals surface area contributed by atoms with Crippen molar-refractivity contribution in [1.82, 2.24) is 0 Å². The van der Waals surface area contributed by atoms with E-state index in [1.165, 1.54) is 82.0 Å². The second kappa shape index (κ2) is 27.5. The van der Waals surface area contributed by atoms with Crippen LogP contribution in [0.15, 0.2) is 0 Å². The Bertz CT molecular complexity index is 357. The van der Waals surface area contributed by atoms with Gasteiger partial charge in [-0.15, -0.1) is 0 Å². The lowest BCUT2D eigenvalue weighted by Gasteiger charge is -2.39. The third kappa shape index (κ3) is 25.7. The molecule has 1 N–H and O–H groups in total. The lowest BCUT2D eigenvalue weighted by molar-refractivity contribution is -0.929. The summed E-state index contributed by atoms with van der Waals surface area (Å²) in [7, 11) is 1.62. The maximum absolute atomic E-state index is 10.1. The summed E-state index contributed by atoms with van der Waals surface area (Å²) in [5, 5.41) is 8.32. The molecule has 0 unspecified atom stereocenters. The minimum atomic E-state index is -0.854. The molecule has 0 rings (SSSR count). The number of ether oxygens (including phenoxy) is 4. The van der Waals surface area contributed by atoms with Gasteiger partial charge in [-0.2, -0.15) is 0 Å². The summed E-state index contributed by atoms with van der Waals surface area (Å²) in [6.07, 6.45) is 11.1. The van der Waals surface area contributed by atoms with Gasteiger partial charge in [-0.1, -0.05) is 53.4 Å². The molecule has 7 nitrogen and oxygen atoms in total. The van der Waals surface area contributed by atoms with Crippen molar-refractivity contribution in [2.45, 2.75) is 85.5 Å². The standard InChI is InChI=1S/C16H36N.C10H20O6/c1-5-9-13-17(14-10-6-2,15-11-7-3)16-12-8-4;1-13-4-5-15-8-9-16-7-6-14-3-2-10(11)12/h5-16H2,1-4H3;2-9H2,1H3,(H,11,12)/q+1;. The zero-order valence-electron chi connectivity index (χ0n) is 22.6. The van der Waals surface area contributed by atoms with Gasteiger partial charge in [0.1, 0.15) is 0 Å². The van der Waals surface area contributed by atoms with Gasteiger partial charge in [-0.05, 0) is 25.7 Å². The Morgan fingerprint density at radius 2 is 0.939 bits per heavy atom. The quantitative estimate of drug-likeness (QED) is 0.153. The second-order valence-corrected chi connectivity index (χ2v) is 8.62. The Hall–Kier alpha value is -0.730. The molecule has 0 atom stereocenters. The van der Waals surface area contributed by atoms with Crippen LogP contribution >= 0.6 is 0 Å². The SMILES string of the molecule is CCCC[N+](CCCC)(CCCC)CCCC.COCCOCCOCCOCCC(=O)O. The topological polar surface area (TPSA) is 74.2 Å². The Labute approximate surface area is 204 Å². The summed E-state index contributed by atoms with van der Waals surface area (Å²) < 4.78 is 21.6. The molecule has 0 heterocycles. The molecule has 0 bridgehead atoms. The molecule has 0 aliphatic carbocycles. The molecule has 0 aromatic heterocycles. The Kier molecular flexibility index (Phi) is 28.7. The molecule has 0 aliphatic heterocycles. The van der Waals surface area contributed by atoms with Crippen molar-refractivity contribution in [2.75, 3.05) is 79.5 Å². The highest BCUT2D eigenvalue weighted by Crippen LogP contribution is 2.16. The number of quaternary nitrogens is 1. The van der Waals surface area contributed by atoms with Gasteiger partial charge in [-0.3, -0.25) is 4.79 Å². The van der Waals surface area contributed by atoms with E-state index in [2.05, 4.69) is 27.7 Å². The van der Waals surface area contributed by atoms with Crippen molar-refractivity contribution >= 4 is 5.97 Å². The van der Waals surface area contributed by atoms with E-state index in [4.69, 9.17) is 24.1 Å². The Balaban J connectivity index is 0. The van der Waals surface area contributed by atoms with E-state index in [1.54, 1.807) is 7.11 Å². The predicted molar refractivity (Wildman–Crippen MR) is 136 cm³/mol. The molecular formula is C26H56NO6+. The first-order valence-corrected chi connectivity index (χ1v) is 13.3. The lowest BCUT2D eigenvalue weighted by Crippen LogP contribution is -2.50. The zero-order chi connectivity index (χ0) is 25.0. The maximum Gasteiger partial charge on any atom is 0.305 e. The van der Waals surface area contributed by atoms with Crippen LogP contribution in [0, 0.1) is 0 Å². The van der Waals surface area contributed by atoms with Crippen LogP contribution in [0.3, 0.4) is 0 Å². The summed E-state index contributed by atoms with van der Waals surface area (Å²) in [6, 6.07) is 0. The zero-order valence-corrected chi connectivity index (χ0v) is 22.6. The predicted octanol–water partition coefficient (Wildman–Crippen LogP) is 5.16. The van der Waals surface area contributed by atoms with E-state index in [9.17, 15) is 4.79 Å². The van der Waals surface area contributed by atoms with E-state index in [0.717, 1.165) is 0 Å². The van der Waals surface area contributed by atoms with Gasteiger partial charge in [0.15, 0.2) is 0 Å². The molecule has 200 valence electrons. The van der Waals surface area contributed by atoms with Crippen LogP contribution in [0.25, 0.3) is 0 Å². The van der Waals surface area contributed by atoms with Gasteiger partial charge in [0.2, 0.25) is 0 Å². The van der Waals surface area contributed by atoms with Gasteiger partial charge >= 0.3 is 5.97 Å². The highest BCUT2D eigenvalue weighted by molar-refractivity contribution is 5.66. The van der Waals surface area contributed by atoms with E-state index < -0.39 is 5.97 Å². The summed E-state index contributed by atoms with van der Waals surface area (Å²) in [5.74, 6) is -0.854. The number of hydrogen-bond donors (Lipinski definition) is 1. The third-order valence-electron chi connectivity index (χ3n) is 5.58. The second-order valence-electron chi connectivity index (χ2n) is 8.62. The fourth-order valence-corrected chi connectivity index (χ4v) is 3.49. The Morgan fingerprint density at radius 3 is 1.24 bits per heavy atom. The van der Waals surface area contributed by atoms with E-state index >= 15 is 0 Å². The van der Waals surface area contributed by atoms with Gasteiger partial charge in [-0.25, -0.2) is 0 Å². The fraction of sp³-hybridized carbons (Fsp3) is 0.962. The van der Waals surface area contributed by atoms with Gasteiger partial charge in [0, 0.05) is 7.11 Å². The van der Waals surface area contributed by atoms with E-state index in [1.807, 2.05) is 0 Å². The van der Waals surface area contributed by atoms with Crippen molar-refractivity contribution in [1.29, 1.82) is 0 Å². The van der Waals surface area contributed by atoms with Gasteiger partial charge in [0.25, 0.3) is 0 Å². The van der Waals surface area contributed by atoms with Crippen LogP contribution in [0.5, 0.6) is 0 Å². The number of aliphatic carboxylic acids is 1. The number of carboxylic acids is 1. The normalized spacial score (nSPS) is 11.3. The fourth-order valence-electron chi connectivity index (χ4n) is 3.49. The molecule has 0 saturated heterocycles. The number of rotatable bonds is 24. The minimum Gasteiger partial charge on any atom is -0.481 e. The summed E-state index contributed by atoms with van der Waals surface area (Å²) in [6.45, 7) is 18.3. The van der Waals surface area contributed by atoms with Crippen LogP contribution in [-0.2, 0) is 23.7 Å². The average Bonchev–Trinajstić information content (AvgIpc) is 2.82. The highest BCUT2D eigenvalue weighted by Gasteiger charge is 2.24. The van der Waals surface area contributed by atoms with Crippen molar-refractivity contribution in [3.8, 4) is 0 Å². The van der Waals surface area contributed by atoms with Crippen molar-refractivity contribution in [3.05, 3.63) is 0 Å². The first-order valence-electron chi connectivity index (χ1n) is 13.3. The van der Waals surface area contributed by atoms with Crippen molar-refractivity contribution in [2.24, 2.45) is 0 Å². The Morgan fingerprint density at radius 1 is 0.606 bits per heavy atom. The molecule has 0 radical (unpaired) electrons. The van der Waals surface area contributed by atoms with Gasteiger partial charge in [0.05, 0.1) is 78.8 Å². The molecule has 0 spiro atoms. The summed E-state index contributed by atoms with van der Waals surface area (Å²) >= 11 is 0. The van der Waals surface area contributed by atoms with E-state index in [0.29, 0.717) is 39.6 Å². The maximum atomic E-state index is 10.1. The number of unbranched alkanes of at least 4 members (excludes halogenated alkanes) is 4. The number of hydrogen-bond acceptors (Lipinski definition) is 5. The number of carboxylic acid groups (broad SMARTS) is 1.